The van der Waals surface area contributed by atoms with Crippen molar-refractivity contribution in [3.63, 3.8) is 0 Å². The summed E-state index contributed by atoms with van der Waals surface area (Å²) in [4.78, 5) is 24.3. The quantitative estimate of drug-likeness (QED) is 0.498. The molecular weight excluding hydrogens is 406 g/mol. The van der Waals surface area contributed by atoms with Crippen LogP contribution in [0.5, 0.6) is 11.5 Å². The molecule has 164 valence electrons. The number of carbonyl (C=O) groups is 2. The number of hydrogen-bond acceptors (Lipinski definition) is 4. The normalized spacial score (nSPS) is 15.4. The minimum Gasteiger partial charge on any atom is -0.465 e. The SMILES string of the molecule is NC(=O)c1ccc(Oc2cc(-c3ccccc3)ccc2NC[C@@H]2CCCN2C(=O)O)cc1. The molecule has 7 nitrogen and oxygen atoms in total. The van der Waals surface area contributed by atoms with Crippen molar-refractivity contribution in [1.82, 2.24) is 4.90 Å². The molecule has 32 heavy (non-hydrogen) atoms. The van der Waals surface area contributed by atoms with Gasteiger partial charge in [-0.3, -0.25) is 4.79 Å². The minimum atomic E-state index is -0.889. The first kappa shape index (κ1) is 21.2. The average molecular weight is 431 g/mol. The molecule has 1 aliphatic heterocycles. The lowest BCUT2D eigenvalue weighted by Gasteiger charge is -2.23. The molecule has 0 spiro atoms. The molecule has 0 saturated carbocycles. The van der Waals surface area contributed by atoms with Gasteiger partial charge in [0.2, 0.25) is 5.91 Å². The Morgan fingerprint density at radius 1 is 1.03 bits per heavy atom. The number of carbonyl (C=O) groups excluding carboxylic acids is 1. The maximum absolute atomic E-state index is 11.4. The maximum atomic E-state index is 11.4. The standard InChI is InChI=1S/C25H25N3O4/c26-24(29)18-8-11-21(12-9-18)32-23-15-19(17-5-2-1-3-6-17)10-13-22(23)27-16-20-7-4-14-28(20)25(30)31/h1-3,5-6,8-13,15,20,27H,4,7,14,16H2,(H2,26,29)(H,30,31)/t20-/m0/s1. The fourth-order valence-corrected chi connectivity index (χ4v) is 3.90. The molecule has 0 radical (unpaired) electrons. The molecule has 3 aromatic rings. The van der Waals surface area contributed by atoms with Crippen molar-refractivity contribution in [2.75, 3.05) is 18.4 Å². The number of carboxylic acid groups (broad SMARTS) is 1. The van der Waals surface area contributed by atoms with Crippen molar-refractivity contribution in [1.29, 1.82) is 0 Å². The second-order valence-corrected chi connectivity index (χ2v) is 7.72. The summed E-state index contributed by atoms with van der Waals surface area (Å²) in [6.45, 7) is 1.05. The third-order valence-corrected chi connectivity index (χ3v) is 5.61. The van der Waals surface area contributed by atoms with Crippen LogP contribution in [0.15, 0.2) is 72.8 Å². The lowest BCUT2D eigenvalue weighted by molar-refractivity contribution is 0.1000. The highest BCUT2D eigenvalue weighted by atomic mass is 16.5. The summed E-state index contributed by atoms with van der Waals surface area (Å²) in [5.41, 5.74) is 8.54. The van der Waals surface area contributed by atoms with E-state index in [1.807, 2.05) is 48.5 Å². The Morgan fingerprint density at radius 3 is 2.47 bits per heavy atom. The van der Waals surface area contributed by atoms with E-state index in [1.54, 1.807) is 24.3 Å². The molecule has 0 aliphatic carbocycles. The third kappa shape index (κ3) is 4.83. The molecule has 3 aromatic carbocycles. The number of likely N-dealkylation sites (tertiary alicyclic amines) is 1. The summed E-state index contributed by atoms with van der Waals surface area (Å²) < 4.78 is 6.15. The van der Waals surface area contributed by atoms with Gasteiger partial charge in [0.1, 0.15) is 5.75 Å². The molecule has 0 aromatic heterocycles. The lowest BCUT2D eigenvalue weighted by Crippen LogP contribution is -2.38. The summed E-state index contributed by atoms with van der Waals surface area (Å²) in [6, 6.07) is 22.4. The first-order chi connectivity index (χ1) is 15.5. The number of nitrogens with one attached hydrogen (secondary N) is 1. The summed E-state index contributed by atoms with van der Waals surface area (Å²) in [5, 5.41) is 12.8. The number of rotatable bonds is 7. The topological polar surface area (TPSA) is 105 Å². The maximum Gasteiger partial charge on any atom is 0.407 e. The Labute approximate surface area is 186 Å². The Bertz CT molecular complexity index is 1100. The molecule has 1 fully saturated rings. The van der Waals surface area contributed by atoms with Crippen LogP contribution in [-0.4, -0.2) is 41.1 Å². The second kappa shape index (κ2) is 9.43. The first-order valence-corrected chi connectivity index (χ1v) is 10.5. The summed E-state index contributed by atoms with van der Waals surface area (Å²) in [7, 11) is 0. The summed E-state index contributed by atoms with van der Waals surface area (Å²) >= 11 is 0. The predicted molar refractivity (Wildman–Crippen MR) is 123 cm³/mol. The van der Waals surface area contributed by atoms with Crippen molar-refractivity contribution >= 4 is 17.7 Å². The zero-order valence-electron chi connectivity index (χ0n) is 17.5. The van der Waals surface area contributed by atoms with Gasteiger partial charge in [-0.05, 0) is 60.4 Å². The van der Waals surface area contributed by atoms with Crippen LogP contribution in [0, 0.1) is 0 Å². The molecule has 7 heteroatoms. The van der Waals surface area contributed by atoms with Crippen LogP contribution in [-0.2, 0) is 0 Å². The zero-order chi connectivity index (χ0) is 22.5. The van der Waals surface area contributed by atoms with Gasteiger partial charge in [0.25, 0.3) is 0 Å². The highest BCUT2D eigenvalue weighted by Crippen LogP contribution is 2.34. The van der Waals surface area contributed by atoms with Crippen molar-refractivity contribution in [3.05, 3.63) is 78.4 Å². The summed E-state index contributed by atoms with van der Waals surface area (Å²) in [5.74, 6) is 0.680. The van der Waals surface area contributed by atoms with Gasteiger partial charge in [-0.1, -0.05) is 36.4 Å². The first-order valence-electron chi connectivity index (χ1n) is 10.5. The van der Waals surface area contributed by atoms with Gasteiger partial charge < -0.3 is 25.8 Å². The van der Waals surface area contributed by atoms with Gasteiger partial charge in [-0.25, -0.2) is 4.79 Å². The largest absolute Gasteiger partial charge is 0.465 e. The van der Waals surface area contributed by atoms with Crippen LogP contribution < -0.4 is 15.8 Å². The Morgan fingerprint density at radius 2 is 1.78 bits per heavy atom. The molecule has 1 heterocycles. The fraction of sp³-hybridized carbons (Fsp3) is 0.200. The van der Waals surface area contributed by atoms with E-state index < -0.39 is 12.0 Å². The van der Waals surface area contributed by atoms with Crippen LogP contribution in [0.4, 0.5) is 10.5 Å². The molecule has 0 bridgehead atoms. The molecule has 1 saturated heterocycles. The number of primary amides is 1. The van der Waals surface area contributed by atoms with Crippen molar-refractivity contribution in [3.8, 4) is 22.6 Å². The minimum absolute atomic E-state index is 0.0796. The second-order valence-electron chi connectivity index (χ2n) is 7.72. The number of nitrogens with two attached hydrogens (primary N) is 1. The third-order valence-electron chi connectivity index (χ3n) is 5.61. The van der Waals surface area contributed by atoms with E-state index in [9.17, 15) is 14.7 Å². The highest BCUT2D eigenvalue weighted by molar-refractivity contribution is 5.92. The van der Waals surface area contributed by atoms with Gasteiger partial charge >= 0.3 is 6.09 Å². The van der Waals surface area contributed by atoms with Crippen molar-refractivity contribution in [2.24, 2.45) is 5.73 Å². The lowest BCUT2D eigenvalue weighted by atomic mass is 10.0. The van der Waals surface area contributed by atoms with Crippen LogP contribution in [0.25, 0.3) is 11.1 Å². The predicted octanol–water partition coefficient (Wildman–Crippen LogP) is 4.80. The molecule has 1 atom stereocenters. The van der Waals surface area contributed by atoms with E-state index in [1.165, 1.54) is 4.90 Å². The fourth-order valence-electron chi connectivity index (χ4n) is 3.90. The molecule has 4 rings (SSSR count). The average Bonchev–Trinajstić information content (AvgIpc) is 3.28. The van der Waals surface area contributed by atoms with Crippen LogP contribution in [0.3, 0.4) is 0 Å². The Hall–Kier alpha value is -4.00. The number of ether oxygens (including phenoxy) is 1. The van der Waals surface area contributed by atoms with Gasteiger partial charge in [0.15, 0.2) is 5.75 Å². The van der Waals surface area contributed by atoms with Crippen molar-refractivity contribution < 1.29 is 19.4 Å². The van der Waals surface area contributed by atoms with E-state index in [0.717, 1.165) is 29.7 Å². The molecular formula is C25H25N3O4. The van der Waals surface area contributed by atoms with Gasteiger partial charge in [-0.15, -0.1) is 0 Å². The van der Waals surface area contributed by atoms with E-state index in [-0.39, 0.29) is 6.04 Å². The number of benzene rings is 3. The van der Waals surface area contributed by atoms with E-state index in [0.29, 0.717) is 30.2 Å². The smallest absolute Gasteiger partial charge is 0.407 e. The number of nitrogens with zero attached hydrogens (tertiary/aromatic N) is 1. The van der Waals surface area contributed by atoms with Crippen LogP contribution in [0.1, 0.15) is 23.2 Å². The summed E-state index contributed by atoms with van der Waals surface area (Å²) in [6.07, 6.45) is 0.799. The van der Waals surface area contributed by atoms with Gasteiger partial charge in [0, 0.05) is 18.7 Å². The highest BCUT2D eigenvalue weighted by Gasteiger charge is 2.28. The van der Waals surface area contributed by atoms with Crippen molar-refractivity contribution in [2.45, 2.75) is 18.9 Å². The number of amides is 2. The molecule has 2 amide bonds. The van der Waals surface area contributed by atoms with Gasteiger partial charge in [-0.2, -0.15) is 0 Å². The number of hydrogen-bond donors (Lipinski definition) is 3. The molecule has 0 unspecified atom stereocenters. The van der Waals surface area contributed by atoms with E-state index >= 15 is 0 Å². The zero-order valence-corrected chi connectivity index (χ0v) is 17.5. The van der Waals surface area contributed by atoms with Crippen LogP contribution >= 0.6 is 0 Å². The Kier molecular flexibility index (Phi) is 6.26. The van der Waals surface area contributed by atoms with E-state index in [2.05, 4.69) is 5.32 Å². The Balaban J connectivity index is 1.59. The van der Waals surface area contributed by atoms with Crippen LogP contribution in [0.2, 0.25) is 0 Å². The van der Waals surface area contributed by atoms with E-state index in [4.69, 9.17) is 10.5 Å². The molecule has 4 N–H and O–H groups in total. The number of anilines is 1. The van der Waals surface area contributed by atoms with Gasteiger partial charge in [0.05, 0.1) is 11.7 Å². The monoisotopic (exact) mass is 431 g/mol. The molecule has 1 aliphatic rings.